The van der Waals surface area contributed by atoms with Crippen LogP contribution in [0.4, 0.5) is 0 Å². The first-order chi connectivity index (χ1) is 10.1. The van der Waals surface area contributed by atoms with E-state index in [2.05, 4.69) is 11.4 Å². The molecule has 0 heterocycles. The van der Waals surface area contributed by atoms with Crippen LogP contribution in [0.2, 0.25) is 0 Å². The number of amides is 2. The average Bonchev–Trinajstić information content (AvgIpc) is 2.45. The molecule has 1 saturated carbocycles. The molecule has 1 N–H and O–H groups in total. The topological polar surface area (TPSA) is 73.2 Å². The molecule has 0 saturated heterocycles. The van der Waals surface area contributed by atoms with Crippen molar-refractivity contribution >= 4 is 11.8 Å². The van der Waals surface area contributed by atoms with Gasteiger partial charge in [0.1, 0.15) is 5.54 Å². The predicted molar refractivity (Wildman–Crippen MR) is 78.1 cm³/mol. The van der Waals surface area contributed by atoms with Gasteiger partial charge in [0.25, 0.3) is 0 Å². The molecule has 2 amide bonds. The Labute approximate surface area is 124 Å². The first-order valence-electron chi connectivity index (χ1n) is 7.06. The smallest absolute Gasteiger partial charge is 0.242 e. The Morgan fingerprint density at radius 1 is 1.33 bits per heavy atom. The molecular weight excluding hydrogens is 266 g/mol. The summed E-state index contributed by atoms with van der Waals surface area (Å²) in [6.45, 7) is -0.0639. The maximum absolute atomic E-state index is 12.1. The number of carbonyl (C=O) groups excluding carboxylic acids is 2. The molecule has 0 radical (unpaired) electrons. The summed E-state index contributed by atoms with van der Waals surface area (Å²) in [4.78, 5) is 25.3. The average molecular weight is 285 g/mol. The lowest BCUT2D eigenvalue weighted by Crippen LogP contribution is -2.55. The molecule has 0 aliphatic heterocycles. The molecule has 1 aromatic carbocycles. The molecule has 0 aromatic heterocycles. The van der Waals surface area contributed by atoms with Gasteiger partial charge >= 0.3 is 0 Å². The van der Waals surface area contributed by atoms with Gasteiger partial charge in [0.05, 0.1) is 19.0 Å². The Kier molecular flexibility index (Phi) is 4.59. The Hall–Kier alpha value is -2.35. The van der Waals surface area contributed by atoms with Crippen LogP contribution in [0.25, 0.3) is 0 Å². The maximum Gasteiger partial charge on any atom is 0.242 e. The third-order valence-electron chi connectivity index (χ3n) is 4.05. The number of nitrogens with zero attached hydrogens (tertiary/aromatic N) is 2. The minimum atomic E-state index is -0.665. The van der Waals surface area contributed by atoms with Gasteiger partial charge in [0.15, 0.2) is 0 Å². The van der Waals surface area contributed by atoms with E-state index in [-0.39, 0.29) is 24.8 Å². The van der Waals surface area contributed by atoms with Gasteiger partial charge in [-0.15, -0.1) is 0 Å². The zero-order chi connectivity index (χ0) is 15.3. The quantitative estimate of drug-likeness (QED) is 0.885. The zero-order valence-corrected chi connectivity index (χ0v) is 12.1. The van der Waals surface area contributed by atoms with Gasteiger partial charge in [0.2, 0.25) is 11.8 Å². The van der Waals surface area contributed by atoms with Crippen LogP contribution in [-0.2, 0) is 16.0 Å². The second-order valence-electron chi connectivity index (χ2n) is 5.39. The Bertz CT molecular complexity index is 559. The Morgan fingerprint density at radius 2 is 2.00 bits per heavy atom. The number of nitrogens with one attached hydrogen (secondary N) is 1. The third kappa shape index (κ3) is 3.40. The summed E-state index contributed by atoms with van der Waals surface area (Å²) in [6.07, 6.45) is 2.64. The highest BCUT2D eigenvalue weighted by molar-refractivity contribution is 5.86. The SMILES string of the molecule is CN(C(=O)CNC(=O)Cc1ccccc1)C1(C#N)CCC1. The third-order valence-corrected chi connectivity index (χ3v) is 4.05. The highest BCUT2D eigenvalue weighted by Gasteiger charge is 2.43. The van der Waals surface area contributed by atoms with Crippen LogP contribution >= 0.6 is 0 Å². The fourth-order valence-electron chi connectivity index (χ4n) is 2.41. The molecular formula is C16H19N3O2. The lowest BCUT2D eigenvalue weighted by molar-refractivity contribution is -0.137. The molecule has 2 rings (SSSR count). The van der Waals surface area contributed by atoms with E-state index in [9.17, 15) is 14.9 Å². The van der Waals surface area contributed by atoms with Crippen molar-refractivity contribution in [2.45, 2.75) is 31.2 Å². The number of hydrogen-bond acceptors (Lipinski definition) is 3. The van der Waals surface area contributed by atoms with Crippen LogP contribution in [0.15, 0.2) is 30.3 Å². The van der Waals surface area contributed by atoms with Gasteiger partial charge < -0.3 is 10.2 Å². The number of carbonyl (C=O) groups is 2. The lowest BCUT2D eigenvalue weighted by atomic mass is 9.76. The highest BCUT2D eigenvalue weighted by Crippen LogP contribution is 2.36. The monoisotopic (exact) mass is 285 g/mol. The van der Waals surface area contributed by atoms with E-state index in [1.54, 1.807) is 7.05 Å². The summed E-state index contributed by atoms with van der Waals surface area (Å²) in [5.74, 6) is -0.416. The maximum atomic E-state index is 12.1. The van der Waals surface area contributed by atoms with Crippen LogP contribution in [0.1, 0.15) is 24.8 Å². The van der Waals surface area contributed by atoms with Crippen LogP contribution in [0, 0.1) is 11.3 Å². The molecule has 5 heteroatoms. The Balaban J connectivity index is 1.81. The first kappa shape index (κ1) is 15.0. The molecule has 1 aromatic rings. The number of benzene rings is 1. The molecule has 0 spiro atoms. The van der Waals surface area contributed by atoms with Crippen molar-refractivity contribution in [3.8, 4) is 6.07 Å². The molecule has 110 valence electrons. The van der Waals surface area contributed by atoms with Gasteiger partial charge in [-0.3, -0.25) is 9.59 Å². The summed E-state index contributed by atoms with van der Waals surface area (Å²) in [6, 6.07) is 11.6. The van der Waals surface area contributed by atoms with E-state index in [0.717, 1.165) is 12.0 Å². The highest BCUT2D eigenvalue weighted by atomic mass is 16.2. The van der Waals surface area contributed by atoms with Crippen LogP contribution in [-0.4, -0.2) is 35.8 Å². The molecule has 21 heavy (non-hydrogen) atoms. The second-order valence-corrected chi connectivity index (χ2v) is 5.39. The fraction of sp³-hybridized carbons (Fsp3) is 0.438. The van der Waals surface area contributed by atoms with Gasteiger partial charge in [0, 0.05) is 7.05 Å². The van der Waals surface area contributed by atoms with Crippen molar-refractivity contribution in [3.05, 3.63) is 35.9 Å². The van der Waals surface area contributed by atoms with Crippen LogP contribution in [0.5, 0.6) is 0 Å². The van der Waals surface area contributed by atoms with Gasteiger partial charge in [-0.25, -0.2) is 0 Å². The fourth-order valence-corrected chi connectivity index (χ4v) is 2.41. The van der Waals surface area contributed by atoms with E-state index in [0.29, 0.717) is 12.8 Å². The summed E-state index contributed by atoms with van der Waals surface area (Å²) in [5.41, 5.74) is 0.240. The van der Waals surface area contributed by atoms with Gasteiger partial charge in [-0.2, -0.15) is 5.26 Å². The molecule has 5 nitrogen and oxygen atoms in total. The van der Waals surface area contributed by atoms with E-state index in [1.165, 1.54) is 4.90 Å². The molecule has 0 bridgehead atoms. The van der Waals surface area contributed by atoms with Gasteiger partial charge in [-0.05, 0) is 24.8 Å². The summed E-state index contributed by atoms with van der Waals surface area (Å²) in [5, 5.41) is 11.8. The molecule has 1 aliphatic rings. The van der Waals surface area contributed by atoms with Crippen molar-refractivity contribution in [3.63, 3.8) is 0 Å². The van der Waals surface area contributed by atoms with E-state index < -0.39 is 5.54 Å². The lowest BCUT2D eigenvalue weighted by Gasteiger charge is -2.42. The normalized spacial score (nSPS) is 15.4. The first-order valence-corrected chi connectivity index (χ1v) is 7.06. The molecule has 1 aliphatic carbocycles. The van der Waals surface area contributed by atoms with E-state index >= 15 is 0 Å². The largest absolute Gasteiger partial charge is 0.347 e. The van der Waals surface area contributed by atoms with Crippen molar-refractivity contribution in [2.24, 2.45) is 0 Å². The zero-order valence-electron chi connectivity index (χ0n) is 12.1. The van der Waals surface area contributed by atoms with Crippen LogP contribution in [0.3, 0.4) is 0 Å². The summed E-state index contributed by atoms with van der Waals surface area (Å²) in [7, 11) is 1.63. The summed E-state index contributed by atoms with van der Waals surface area (Å²) >= 11 is 0. The summed E-state index contributed by atoms with van der Waals surface area (Å²) < 4.78 is 0. The number of hydrogen-bond donors (Lipinski definition) is 1. The second kappa shape index (κ2) is 6.40. The number of rotatable bonds is 5. The van der Waals surface area contributed by atoms with Crippen molar-refractivity contribution in [2.75, 3.05) is 13.6 Å². The Morgan fingerprint density at radius 3 is 2.52 bits per heavy atom. The molecule has 0 atom stereocenters. The van der Waals surface area contributed by atoms with Crippen molar-refractivity contribution in [1.82, 2.24) is 10.2 Å². The minimum Gasteiger partial charge on any atom is -0.347 e. The van der Waals surface area contributed by atoms with Crippen molar-refractivity contribution in [1.29, 1.82) is 5.26 Å². The van der Waals surface area contributed by atoms with E-state index in [1.807, 2.05) is 30.3 Å². The predicted octanol–water partition coefficient (Wildman–Crippen LogP) is 1.25. The number of nitriles is 1. The minimum absolute atomic E-state index is 0.0639. The molecule has 0 unspecified atom stereocenters. The van der Waals surface area contributed by atoms with Crippen molar-refractivity contribution < 1.29 is 9.59 Å². The number of likely N-dealkylation sites (N-methyl/N-ethyl adjacent to an activating group) is 1. The van der Waals surface area contributed by atoms with Gasteiger partial charge in [-0.1, -0.05) is 30.3 Å². The standard InChI is InChI=1S/C16H19N3O2/c1-19(16(12-17)8-5-9-16)15(21)11-18-14(20)10-13-6-3-2-4-7-13/h2-4,6-7H,5,8-11H2,1H3,(H,18,20). The van der Waals surface area contributed by atoms with E-state index in [4.69, 9.17) is 0 Å². The molecule has 1 fully saturated rings. The van der Waals surface area contributed by atoms with Crippen LogP contribution < -0.4 is 5.32 Å².